The van der Waals surface area contributed by atoms with Gasteiger partial charge >= 0.3 is 0 Å². The molecule has 2 rings (SSSR count). The molecular formula is C7H8ClN5. The maximum Gasteiger partial charge on any atom is 0.222 e. The first-order chi connectivity index (χ1) is 6.31. The van der Waals surface area contributed by atoms with Crippen molar-refractivity contribution in [3.05, 3.63) is 12.5 Å². The second kappa shape index (κ2) is 3.18. The van der Waals surface area contributed by atoms with Gasteiger partial charge in [0.25, 0.3) is 0 Å². The number of imidazole rings is 1. The summed E-state index contributed by atoms with van der Waals surface area (Å²) in [6.45, 7) is 0.675. The molecule has 0 unspecified atom stereocenters. The number of aromatic nitrogens is 4. The van der Waals surface area contributed by atoms with E-state index >= 15 is 0 Å². The molecule has 0 amide bonds. The molecule has 0 radical (unpaired) electrons. The fourth-order valence-corrected chi connectivity index (χ4v) is 1.31. The summed E-state index contributed by atoms with van der Waals surface area (Å²) in [5.41, 5.74) is 6.92. The lowest BCUT2D eigenvalue weighted by Gasteiger charge is -1.98. The summed E-state index contributed by atoms with van der Waals surface area (Å²) in [7, 11) is 0. The molecule has 0 atom stereocenters. The molecule has 0 saturated carbocycles. The van der Waals surface area contributed by atoms with Gasteiger partial charge in [0.05, 0.1) is 12.5 Å². The third kappa shape index (κ3) is 1.42. The second-order valence-corrected chi connectivity index (χ2v) is 2.94. The maximum absolute atomic E-state index is 5.61. The largest absolute Gasteiger partial charge is 0.368 e. The Morgan fingerprint density at radius 2 is 2.31 bits per heavy atom. The third-order valence-electron chi connectivity index (χ3n) is 1.70. The number of fused-ring (bicyclic) bond motifs is 1. The first-order valence-electron chi connectivity index (χ1n) is 3.80. The number of aryl methyl sites for hydroxylation is 1. The maximum atomic E-state index is 5.61. The molecular weight excluding hydrogens is 190 g/mol. The van der Waals surface area contributed by atoms with Crippen molar-refractivity contribution in [3.63, 3.8) is 0 Å². The van der Waals surface area contributed by atoms with E-state index < -0.39 is 0 Å². The molecule has 0 fully saturated rings. The monoisotopic (exact) mass is 197 g/mol. The van der Waals surface area contributed by atoms with Crippen LogP contribution in [0.1, 0.15) is 0 Å². The van der Waals surface area contributed by atoms with E-state index in [1.54, 1.807) is 12.5 Å². The predicted octanol–water partition coefficient (Wildman–Crippen LogP) is 0.647. The molecule has 2 aromatic rings. The van der Waals surface area contributed by atoms with Gasteiger partial charge in [-0.25, -0.2) is 9.97 Å². The molecule has 0 aliphatic heterocycles. The van der Waals surface area contributed by atoms with Crippen LogP contribution in [-0.4, -0.2) is 25.4 Å². The summed E-state index contributed by atoms with van der Waals surface area (Å²) in [6.07, 6.45) is 3.28. The van der Waals surface area contributed by atoms with Crippen LogP contribution in [0.25, 0.3) is 11.2 Å². The first-order valence-corrected chi connectivity index (χ1v) is 4.34. The van der Waals surface area contributed by atoms with Crippen LogP contribution in [-0.2, 0) is 6.54 Å². The van der Waals surface area contributed by atoms with Crippen molar-refractivity contribution in [3.8, 4) is 0 Å². The van der Waals surface area contributed by atoms with Gasteiger partial charge in [-0.2, -0.15) is 4.98 Å². The number of alkyl halides is 1. The van der Waals surface area contributed by atoms with E-state index in [0.29, 0.717) is 12.4 Å². The molecule has 2 N–H and O–H groups in total. The second-order valence-electron chi connectivity index (χ2n) is 2.56. The standard InChI is InChI=1S/C7H8ClN5/c8-1-2-13-4-11-5-3-10-7(9)12-6(5)13/h3-4H,1-2H2,(H2,9,10,12). The molecule has 5 nitrogen and oxygen atoms in total. The van der Waals surface area contributed by atoms with Gasteiger partial charge in [-0.05, 0) is 0 Å². The van der Waals surface area contributed by atoms with Gasteiger partial charge in [-0.15, -0.1) is 11.6 Å². The highest BCUT2D eigenvalue weighted by atomic mass is 35.5. The van der Waals surface area contributed by atoms with Crippen LogP contribution in [0.2, 0.25) is 0 Å². The van der Waals surface area contributed by atoms with E-state index in [1.807, 2.05) is 4.57 Å². The van der Waals surface area contributed by atoms with Crippen LogP contribution in [0.15, 0.2) is 12.5 Å². The number of anilines is 1. The van der Waals surface area contributed by atoms with Crippen LogP contribution < -0.4 is 5.73 Å². The fraction of sp³-hybridized carbons (Fsp3) is 0.286. The van der Waals surface area contributed by atoms with Crippen molar-refractivity contribution in [2.24, 2.45) is 0 Å². The van der Waals surface area contributed by atoms with E-state index in [0.717, 1.165) is 11.2 Å². The van der Waals surface area contributed by atoms with Crippen molar-refractivity contribution in [2.75, 3.05) is 11.6 Å². The van der Waals surface area contributed by atoms with Gasteiger partial charge in [-0.3, -0.25) is 0 Å². The smallest absolute Gasteiger partial charge is 0.222 e. The molecule has 0 aliphatic carbocycles. The van der Waals surface area contributed by atoms with Crippen LogP contribution >= 0.6 is 11.6 Å². The predicted molar refractivity (Wildman–Crippen MR) is 50.5 cm³/mol. The molecule has 0 aliphatic rings. The lowest BCUT2D eigenvalue weighted by molar-refractivity contribution is 0.783. The quantitative estimate of drug-likeness (QED) is 0.718. The summed E-state index contributed by atoms with van der Waals surface area (Å²) in [6, 6.07) is 0. The number of hydrogen-bond donors (Lipinski definition) is 1. The molecule has 0 spiro atoms. The number of nitrogens with two attached hydrogens (primary N) is 1. The summed E-state index contributed by atoms with van der Waals surface area (Å²) < 4.78 is 1.85. The van der Waals surface area contributed by atoms with Gasteiger partial charge in [0.15, 0.2) is 5.65 Å². The topological polar surface area (TPSA) is 69.6 Å². The molecule has 6 heteroatoms. The Bertz CT molecular complexity index is 424. The molecule has 2 heterocycles. The number of halogens is 1. The zero-order valence-electron chi connectivity index (χ0n) is 6.81. The first kappa shape index (κ1) is 8.25. The van der Waals surface area contributed by atoms with Crippen LogP contribution in [0.5, 0.6) is 0 Å². The Hall–Kier alpha value is -1.36. The van der Waals surface area contributed by atoms with Crippen LogP contribution in [0.3, 0.4) is 0 Å². The van der Waals surface area contributed by atoms with Crippen molar-refractivity contribution in [1.29, 1.82) is 0 Å². The molecule has 2 aromatic heterocycles. The SMILES string of the molecule is Nc1ncc2ncn(CCCl)c2n1. The third-order valence-corrected chi connectivity index (χ3v) is 1.87. The lowest BCUT2D eigenvalue weighted by atomic mass is 10.5. The summed E-state index contributed by atoms with van der Waals surface area (Å²) in [5, 5.41) is 0. The van der Waals surface area contributed by atoms with Gasteiger partial charge in [0.1, 0.15) is 5.52 Å². The van der Waals surface area contributed by atoms with Gasteiger partial charge in [0, 0.05) is 12.4 Å². The normalized spacial score (nSPS) is 10.8. The molecule has 0 aromatic carbocycles. The minimum Gasteiger partial charge on any atom is -0.368 e. The lowest BCUT2D eigenvalue weighted by Crippen LogP contribution is -2.01. The van der Waals surface area contributed by atoms with Crippen molar-refractivity contribution in [2.45, 2.75) is 6.54 Å². The molecule has 13 heavy (non-hydrogen) atoms. The van der Waals surface area contributed by atoms with Gasteiger partial charge < -0.3 is 10.3 Å². The number of rotatable bonds is 2. The Morgan fingerprint density at radius 3 is 3.08 bits per heavy atom. The highest BCUT2D eigenvalue weighted by Gasteiger charge is 2.03. The average Bonchev–Trinajstić information content (AvgIpc) is 2.49. The number of nitrogen functional groups attached to an aromatic ring is 1. The molecule has 0 saturated heterocycles. The number of hydrogen-bond acceptors (Lipinski definition) is 4. The fourth-order valence-electron chi connectivity index (χ4n) is 1.12. The van der Waals surface area contributed by atoms with Crippen molar-refractivity contribution >= 4 is 28.7 Å². The average molecular weight is 198 g/mol. The summed E-state index contributed by atoms with van der Waals surface area (Å²) in [4.78, 5) is 12.0. The zero-order valence-corrected chi connectivity index (χ0v) is 7.57. The zero-order chi connectivity index (χ0) is 9.26. The highest BCUT2D eigenvalue weighted by molar-refractivity contribution is 6.17. The Labute approximate surface area is 79.6 Å². The number of nitrogens with zero attached hydrogens (tertiary/aromatic N) is 4. The van der Waals surface area contributed by atoms with Crippen molar-refractivity contribution in [1.82, 2.24) is 19.5 Å². The minimum atomic E-state index is 0.254. The van der Waals surface area contributed by atoms with Crippen LogP contribution in [0.4, 0.5) is 5.95 Å². The van der Waals surface area contributed by atoms with Crippen molar-refractivity contribution < 1.29 is 0 Å². The van der Waals surface area contributed by atoms with E-state index in [4.69, 9.17) is 17.3 Å². The van der Waals surface area contributed by atoms with E-state index in [-0.39, 0.29) is 5.95 Å². The Morgan fingerprint density at radius 1 is 1.46 bits per heavy atom. The van der Waals surface area contributed by atoms with Gasteiger partial charge in [-0.1, -0.05) is 0 Å². The van der Waals surface area contributed by atoms with E-state index in [9.17, 15) is 0 Å². The Balaban J connectivity index is 2.58. The molecule has 68 valence electrons. The Kier molecular flexibility index (Phi) is 2.02. The van der Waals surface area contributed by atoms with E-state index in [1.165, 1.54) is 0 Å². The van der Waals surface area contributed by atoms with E-state index in [2.05, 4.69) is 15.0 Å². The van der Waals surface area contributed by atoms with Crippen LogP contribution in [0, 0.1) is 0 Å². The minimum absolute atomic E-state index is 0.254. The summed E-state index contributed by atoms with van der Waals surface area (Å²) in [5.74, 6) is 0.777. The molecule has 0 bridgehead atoms. The highest BCUT2D eigenvalue weighted by Crippen LogP contribution is 2.09. The summed E-state index contributed by atoms with van der Waals surface area (Å²) >= 11 is 5.61. The van der Waals surface area contributed by atoms with Gasteiger partial charge in [0.2, 0.25) is 5.95 Å².